The minimum absolute atomic E-state index is 0.181. The Hall–Kier alpha value is -2.93. The number of aryl methyl sites for hydroxylation is 1. The average molecular weight is 344 g/mol. The molecule has 0 unspecified atom stereocenters. The van der Waals surface area contributed by atoms with Crippen molar-refractivity contribution in [2.24, 2.45) is 0 Å². The fourth-order valence-electron chi connectivity index (χ4n) is 2.00. The van der Waals surface area contributed by atoms with E-state index in [4.69, 9.17) is 16.1 Å². The quantitative estimate of drug-likeness (QED) is 0.738. The largest absolute Gasteiger partial charge is 0.360 e. The molecule has 1 amide bonds. The van der Waals surface area contributed by atoms with Crippen molar-refractivity contribution in [3.05, 3.63) is 58.8 Å². The fraction of sp³-hybridized carbons (Fsp3) is 0.125. The van der Waals surface area contributed by atoms with Gasteiger partial charge in [-0.2, -0.15) is 0 Å². The lowest BCUT2D eigenvalue weighted by Crippen LogP contribution is -2.15. The second-order valence-corrected chi connectivity index (χ2v) is 5.54. The van der Waals surface area contributed by atoms with Gasteiger partial charge in [0.05, 0.1) is 6.42 Å². The predicted octanol–water partition coefficient (Wildman–Crippen LogP) is 3.35. The minimum Gasteiger partial charge on any atom is -0.360 e. The Morgan fingerprint density at radius 3 is 2.42 bits per heavy atom. The lowest BCUT2D eigenvalue weighted by Gasteiger charge is -2.05. The van der Waals surface area contributed by atoms with E-state index in [0.29, 0.717) is 28.2 Å². The highest BCUT2D eigenvalue weighted by atomic mass is 35.5. The van der Waals surface area contributed by atoms with E-state index in [2.05, 4.69) is 26.0 Å². The van der Waals surface area contributed by atoms with Crippen LogP contribution in [0.2, 0.25) is 5.02 Å². The van der Waals surface area contributed by atoms with E-state index in [1.165, 1.54) is 0 Å². The summed E-state index contributed by atoms with van der Waals surface area (Å²) in [6.07, 6.45) is 0.233. The van der Waals surface area contributed by atoms with E-state index in [1.807, 2.05) is 0 Å². The Balaban J connectivity index is 1.57. The normalized spacial score (nSPS) is 10.4. The van der Waals surface area contributed by atoms with Crippen LogP contribution in [0.15, 0.2) is 47.0 Å². The first-order chi connectivity index (χ1) is 11.6. The summed E-state index contributed by atoms with van der Waals surface area (Å²) < 4.78 is 4.95. The van der Waals surface area contributed by atoms with Crippen molar-refractivity contribution in [2.45, 2.75) is 13.3 Å². The third-order valence-corrected chi connectivity index (χ3v) is 3.35. The summed E-state index contributed by atoms with van der Waals surface area (Å²) in [5.41, 5.74) is 0.865. The van der Waals surface area contributed by atoms with Gasteiger partial charge >= 0.3 is 0 Å². The Morgan fingerprint density at radius 2 is 1.79 bits per heavy atom. The highest BCUT2D eigenvalue weighted by Gasteiger charge is 2.07. The van der Waals surface area contributed by atoms with Crippen LogP contribution in [0.4, 0.5) is 17.5 Å². The monoisotopic (exact) mass is 343 g/mol. The molecule has 0 spiro atoms. The molecule has 1 aromatic carbocycles. The number of aromatic nitrogens is 3. The zero-order valence-electron chi connectivity index (χ0n) is 12.8. The molecule has 0 radical (unpaired) electrons. The first kappa shape index (κ1) is 15.9. The van der Waals surface area contributed by atoms with E-state index in [-0.39, 0.29) is 12.3 Å². The van der Waals surface area contributed by atoms with Gasteiger partial charge in [0, 0.05) is 11.1 Å². The van der Waals surface area contributed by atoms with Crippen molar-refractivity contribution in [3.63, 3.8) is 0 Å². The summed E-state index contributed by atoms with van der Waals surface area (Å²) in [6, 6.07) is 12.2. The number of nitrogens with zero attached hydrogens (tertiary/aromatic N) is 3. The van der Waals surface area contributed by atoms with E-state index in [9.17, 15) is 4.79 Å². The molecule has 0 atom stereocenters. The number of anilines is 3. The van der Waals surface area contributed by atoms with E-state index in [0.717, 1.165) is 5.56 Å². The first-order valence-electron chi connectivity index (χ1n) is 7.17. The summed E-state index contributed by atoms with van der Waals surface area (Å²) in [6.45, 7) is 1.79. The summed E-state index contributed by atoms with van der Waals surface area (Å²) in [5, 5.41) is 18.0. The van der Waals surface area contributed by atoms with Crippen LogP contribution in [-0.2, 0) is 11.2 Å². The molecule has 0 saturated carbocycles. The van der Waals surface area contributed by atoms with Gasteiger partial charge in [-0.05, 0) is 36.8 Å². The molecular formula is C16H14ClN5O2. The third kappa shape index (κ3) is 4.30. The highest BCUT2D eigenvalue weighted by Crippen LogP contribution is 2.15. The molecule has 0 aliphatic rings. The molecular weight excluding hydrogens is 330 g/mol. The van der Waals surface area contributed by atoms with Crippen molar-refractivity contribution in [3.8, 4) is 0 Å². The molecule has 8 heteroatoms. The lowest BCUT2D eigenvalue weighted by molar-refractivity contribution is -0.115. The van der Waals surface area contributed by atoms with Crippen LogP contribution in [0.5, 0.6) is 0 Å². The molecule has 0 bridgehead atoms. The Labute approximate surface area is 143 Å². The number of nitrogens with one attached hydrogen (secondary N) is 2. The third-order valence-electron chi connectivity index (χ3n) is 3.09. The van der Waals surface area contributed by atoms with Crippen LogP contribution in [0.25, 0.3) is 0 Å². The van der Waals surface area contributed by atoms with Crippen LogP contribution in [0.3, 0.4) is 0 Å². The maximum absolute atomic E-state index is 12.0. The topological polar surface area (TPSA) is 92.9 Å². The predicted molar refractivity (Wildman–Crippen MR) is 90.3 cm³/mol. The van der Waals surface area contributed by atoms with Crippen molar-refractivity contribution in [2.75, 3.05) is 10.6 Å². The molecule has 0 aliphatic carbocycles. The van der Waals surface area contributed by atoms with Crippen molar-refractivity contribution in [1.82, 2.24) is 15.4 Å². The number of benzene rings is 1. The summed E-state index contributed by atoms with van der Waals surface area (Å²) in [5.74, 6) is 1.92. The van der Waals surface area contributed by atoms with Crippen molar-refractivity contribution < 1.29 is 9.32 Å². The van der Waals surface area contributed by atoms with Crippen LogP contribution in [-0.4, -0.2) is 21.3 Å². The first-order valence-corrected chi connectivity index (χ1v) is 7.55. The number of carbonyl (C=O) groups is 1. The number of hydrogen-bond donors (Lipinski definition) is 2. The molecule has 122 valence electrons. The van der Waals surface area contributed by atoms with Crippen LogP contribution < -0.4 is 10.6 Å². The zero-order valence-corrected chi connectivity index (χ0v) is 13.5. The standard InChI is InChI=1S/C16H14ClN5O2/c1-10-8-15(22-24-10)18-13-6-7-14(21-20-13)19-16(23)9-11-2-4-12(17)5-3-11/h2-8H,9H2,1H3,(H,18,20,22)(H,19,21,23). The van der Waals surface area contributed by atoms with Gasteiger partial charge in [-0.15, -0.1) is 10.2 Å². The van der Waals surface area contributed by atoms with Gasteiger partial charge in [0.15, 0.2) is 17.5 Å². The average Bonchev–Trinajstić information content (AvgIpc) is 2.96. The maximum atomic E-state index is 12.0. The van der Waals surface area contributed by atoms with Crippen molar-refractivity contribution in [1.29, 1.82) is 0 Å². The van der Waals surface area contributed by atoms with E-state index >= 15 is 0 Å². The fourth-order valence-corrected chi connectivity index (χ4v) is 2.12. The molecule has 7 nitrogen and oxygen atoms in total. The molecule has 0 aliphatic heterocycles. The second-order valence-electron chi connectivity index (χ2n) is 5.10. The summed E-state index contributed by atoms with van der Waals surface area (Å²) in [4.78, 5) is 12.0. The van der Waals surface area contributed by atoms with Gasteiger partial charge < -0.3 is 15.2 Å². The number of rotatable bonds is 5. The number of halogens is 1. The van der Waals surface area contributed by atoms with Gasteiger partial charge in [0.1, 0.15) is 5.76 Å². The summed E-state index contributed by atoms with van der Waals surface area (Å²) >= 11 is 5.82. The van der Waals surface area contributed by atoms with Crippen LogP contribution in [0, 0.1) is 6.92 Å². The van der Waals surface area contributed by atoms with Gasteiger partial charge in [0.2, 0.25) is 5.91 Å². The van der Waals surface area contributed by atoms with Gasteiger partial charge in [-0.25, -0.2) is 0 Å². The van der Waals surface area contributed by atoms with Gasteiger partial charge in [-0.3, -0.25) is 4.79 Å². The maximum Gasteiger partial charge on any atom is 0.229 e. The zero-order chi connectivity index (χ0) is 16.9. The number of hydrogen-bond acceptors (Lipinski definition) is 6. The number of amides is 1. The highest BCUT2D eigenvalue weighted by molar-refractivity contribution is 6.30. The van der Waals surface area contributed by atoms with Gasteiger partial charge in [0.25, 0.3) is 0 Å². The van der Waals surface area contributed by atoms with Crippen molar-refractivity contribution >= 4 is 35.0 Å². The Morgan fingerprint density at radius 1 is 1.08 bits per heavy atom. The molecule has 0 fully saturated rings. The molecule has 0 saturated heterocycles. The summed E-state index contributed by atoms with van der Waals surface area (Å²) in [7, 11) is 0. The lowest BCUT2D eigenvalue weighted by atomic mass is 10.1. The molecule has 2 heterocycles. The molecule has 3 rings (SSSR count). The molecule has 24 heavy (non-hydrogen) atoms. The number of carbonyl (C=O) groups excluding carboxylic acids is 1. The van der Waals surface area contributed by atoms with Gasteiger partial charge in [-0.1, -0.05) is 28.9 Å². The smallest absolute Gasteiger partial charge is 0.229 e. The molecule has 3 aromatic rings. The van der Waals surface area contributed by atoms with E-state index in [1.54, 1.807) is 49.4 Å². The van der Waals surface area contributed by atoms with Crippen LogP contribution in [0.1, 0.15) is 11.3 Å². The molecule has 2 N–H and O–H groups in total. The Kier molecular flexibility index (Phi) is 4.72. The Bertz CT molecular complexity index is 830. The van der Waals surface area contributed by atoms with Crippen LogP contribution >= 0.6 is 11.6 Å². The minimum atomic E-state index is -0.181. The SMILES string of the molecule is Cc1cc(Nc2ccc(NC(=O)Cc3ccc(Cl)cc3)nn2)no1. The second kappa shape index (κ2) is 7.10. The molecule has 2 aromatic heterocycles. The van der Waals surface area contributed by atoms with E-state index < -0.39 is 0 Å².